The van der Waals surface area contributed by atoms with Gasteiger partial charge in [0.25, 0.3) is 10.0 Å². The van der Waals surface area contributed by atoms with Crippen LogP contribution in [0.3, 0.4) is 0 Å². The maximum atomic E-state index is 15.0. The van der Waals surface area contributed by atoms with Crippen LogP contribution in [0.25, 0.3) is 0 Å². The summed E-state index contributed by atoms with van der Waals surface area (Å²) in [5, 5.41) is 3.17. The molecule has 10 heteroatoms. The van der Waals surface area contributed by atoms with Crippen LogP contribution in [-0.2, 0) is 32.6 Å². The highest BCUT2D eigenvalue weighted by molar-refractivity contribution is 7.92. The zero-order valence-electron chi connectivity index (χ0n) is 24.8. The highest BCUT2D eigenvalue weighted by Gasteiger charge is 2.35. The number of hydrogen-bond acceptors (Lipinski definition) is 4. The number of halogens is 2. The van der Waals surface area contributed by atoms with Gasteiger partial charge in [0.15, 0.2) is 0 Å². The lowest BCUT2D eigenvalue weighted by Gasteiger charge is -2.34. The largest absolute Gasteiger partial charge is 0.352 e. The number of rotatable bonds is 12. The fraction of sp³-hybridized carbons (Fsp3) is 0.235. The third kappa shape index (κ3) is 8.03. The zero-order chi connectivity index (χ0) is 31.9. The van der Waals surface area contributed by atoms with Gasteiger partial charge < -0.3 is 10.2 Å². The van der Waals surface area contributed by atoms with Crippen molar-refractivity contribution in [1.29, 1.82) is 0 Å². The van der Waals surface area contributed by atoms with Crippen molar-refractivity contribution in [2.24, 2.45) is 0 Å². The molecule has 4 rings (SSSR count). The van der Waals surface area contributed by atoms with Crippen LogP contribution < -0.4 is 9.62 Å². The molecule has 0 aromatic heterocycles. The molecule has 0 radical (unpaired) electrons. The molecule has 230 valence electrons. The minimum absolute atomic E-state index is 0.0220. The molecule has 1 atom stereocenters. The third-order valence-corrected chi connectivity index (χ3v) is 9.06. The topological polar surface area (TPSA) is 86.8 Å². The van der Waals surface area contributed by atoms with Crippen molar-refractivity contribution in [3.63, 3.8) is 0 Å². The second kappa shape index (κ2) is 14.5. The lowest BCUT2D eigenvalue weighted by atomic mass is 10.0. The smallest absolute Gasteiger partial charge is 0.264 e. The van der Waals surface area contributed by atoms with Crippen molar-refractivity contribution >= 4 is 39.1 Å². The molecular weight excluding hydrogens is 601 g/mol. The van der Waals surface area contributed by atoms with E-state index < -0.39 is 40.2 Å². The number of aryl methyl sites for hydroxylation is 1. The van der Waals surface area contributed by atoms with Gasteiger partial charge in [0, 0.05) is 29.6 Å². The van der Waals surface area contributed by atoms with Crippen LogP contribution in [0.1, 0.15) is 30.5 Å². The van der Waals surface area contributed by atoms with Gasteiger partial charge in [-0.1, -0.05) is 84.4 Å². The molecule has 0 spiro atoms. The summed E-state index contributed by atoms with van der Waals surface area (Å²) >= 11 is 6.30. The van der Waals surface area contributed by atoms with Gasteiger partial charge in [0.1, 0.15) is 18.4 Å². The molecule has 7 nitrogen and oxygen atoms in total. The summed E-state index contributed by atoms with van der Waals surface area (Å²) in [6, 6.07) is 26.4. The summed E-state index contributed by atoms with van der Waals surface area (Å²) in [5.74, 6) is -1.68. The first kappa shape index (κ1) is 32.7. The minimum Gasteiger partial charge on any atom is -0.352 e. The predicted molar refractivity (Wildman–Crippen MR) is 171 cm³/mol. The summed E-state index contributed by atoms with van der Waals surface area (Å²) < 4.78 is 44.2. The molecule has 2 amide bonds. The number of carbonyl (C=O) groups is 2. The van der Waals surface area contributed by atoms with Gasteiger partial charge in [-0.3, -0.25) is 13.9 Å². The van der Waals surface area contributed by atoms with E-state index in [1.807, 2.05) is 30.3 Å². The molecule has 0 fully saturated rings. The highest BCUT2D eigenvalue weighted by Crippen LogP contribution is 2.30. The standard InChI is InChI=1S/C34H35ClFN3O4S/c1-24(2)37-34(41)32(20-26-12-6-4-7-13-26)38(22-27-14-10-11-17-30(27)36)33(40)23-39(31-21-28(35)19-18-25(31)3)44(42,43)29-15-8-5-9-16-29/h4-19,21,24,32H,20,22-23H2,1-3H3,(H,37,41)/t32-/m1/s1. The Labute approximate surface area is 263 Å². The van der Waals surface area contributed by atoms with Crippen LogP contribution in [-0.4, -0.2) is 43.8 Å². The second-order valence-corrected chi connectivity index (χ2v) is 13.0. The van der Waals surface area contributed by atoms with Crippen molar-refractivity contribution in [2.45, 2.75) is 50.7 Å². The van der Waals surface area contributed by atoms with E-state index in [1.54, 1.807) is 57.2 Å². The van der Waals surface area contributed by atoms with Crippen molar-refractivity contribution in [3.05, 3.63) is 131 Å². The zero-order valence-corrected chi connectivity index (χ0v) is 26.4. The number of sulfonamides is 1. The van der Waals surface area contributed by atoms with Crippen LogP contribution >= 0.6 is 11.6 Å². The molecule has 1 N–H and O–H groups in total. The van der Waals surface area contributed by atoms with Gasteiger partial charge in [0.2, 0.25) is 11.8 Å². The lowest BCUT2D eigenvalue weighted by Crippen LogP contribution is -2.54. The van der Waals surface area contributed by atoms with Crippen molar-refractivity contribution in [1.82, 2.24) is 10.2 Å². The quantitative estimate of drug-likeness (QED) is 0.202. The lowest BCUT2D eigenvalue weighted by molar-refractivity contribution is -0.140. The molecular formula is C34H35ClFN3O4S. The maximum Gasteiger partial charge on any atom is 0.264 e. The van der Waals surface area contributed by atoms with E-state index in [9.17, 15) is 22.4 Å². The normalized spacial score (nSPS) is 12.0. The van der Waals surface area contributed by atoms with Crippen LogP contribution in [0, 0.1) is 12.7 Å². The van der Waals surface area contributed by atoms with Crippen LogP contribution in [0.15, 0.2) is 108 Å². The summed E-state index contributed by atoms with van der Waals surface area (Å²) in [6.07, 6.45) is 0.126. The molecule has 0 saturated heterocycles. The monoisotopic (exact) mass is 635 g/mol. The molecule has 4 aromatic rings. The molecule has 0 unspecified atom stereocenters. The number of anilines is 1. The Balaban J connectivity index is 1.84. The number of nitrogens with zero attached hydrogens (tertiary/aromatic N) is 2. The first-order valence-electron chi connectivity index (χ1n) is 14.2. The molecule has 0 bridgehead atoms. The van der Waals surface area contributed by atoms with E-state index in [0.29, 0.717) is 5.56 Å². The summed E-state index contributed by atoms with van der Waals surface area (Å²) in [6.45, 7) is 4.40. The Bertz CT molecular complexity index is 1700. The number of benzene rings is 4. The average molecular weight is 636 g/mol. The van der Waals surface area contributed by atoms with Gasteiger partial charge in [-0.15, -0.1) is 0 Å². The number of amides is 2. The molecule has 0 saturated carbocycles. The molecule has 0 aliphatic heterocycles. The Morgan fingerprint density at radius 3 is 2.14 bits per heavy atom. The second-order valence-electron chi connectivity index (χ2n) is 10.7. The van der Waals surface area contributed by atoms with Gasteiger partial charge in [-0.2, -0.15) is 0 Å². The molecule has 0 aliphatic rings. The first-order valence-corrected chi connectivity index (χ1v) is 16.0. The van der Waals surface area contributed by atoms with Crippen LogP contribution in [0.2, 0.25) is 5.02 Å². The van der Waals surface area contributed by atoms with E-state index >= 15 is 0 Å². The summed E-state index contributed by atoms with van der Waals surface area (Å²) in [5.41, 5.74) is 1.75. The van der Waals surface area contributed by atoms with Gasteiger partial charge in [0.05, 0.1) is 10.6 Å². The van der Waals surface area contributed by atoms with Gasteiger partial charge in [-0.05, 0) is 62.2 Å². The van der Waals surface area contributed by atoms with Gasteiger partial charge >= 0.3 is 0 Å². The Kier molecular flexibility index (Phi) is 10.8. The van der Waals surface area contributed by atoms with Crippen LogP contribution in [0.4, 0.5) is 10.1 Å². The third-order valence-electron chi connectivity index (χ3n) is 7.05. The van der Waals surface area contributed by atoms with Crippen LogP contribution in [0.5, 0.6) is 0 Å². The van der Waals surface area contributed by atoms with Crippen molar-refractivity contribution in [2.75, 3.05) is 10.8 Å². The number of carbonyl (C=O) groups excluding carboxylic acids is 2. The van der Waals surface area contributed by atoms with Crippen molar-refractivity contribution in [3.8, 4) is 0 Å². The van der Waals surface area contributed by atoms with E-state index in [2.05, 4.69) is 5.32 Å². The molecule has 4 aromatic carbocycles. The van der Waals surface area contributed by atoms with E-state index in [1.165, 1.54) is 41.3 Å². The van der Waals surface area contributed by atoms with E-state index in [0.717, 1.165) is 9.87 Å². The first-order chi connectivity index (χ1) is 21.0. The van der Waals surface area contributed by atoms with E-state index in [-0.39, 0.29) is 40.2 Å². The highest BCUT2D eigenvalue weighted by atomic mass is 35.5. The minimum atomic E-state index is -4.27. The fourth-order valence-electron chi connectivity index (χ4n) is 4.83. The average Bonchev–Trinajstić information content (AvgIpc) is 3.00. The Morgan fingerprint density at radius 2 is 1.50 bits per heavy atom. The molecule has 44 heavy (non-hydrogen) atoms. The number of nitrogens with one attached hydrogen (secondary N) is 1. The molecule has 0 heterocycles. The summed E-state index contributed by atoms with van der Waals surface area (Å²) in [7, 11) is -4.27. The van der Waals surface area contributed by atoms with Crippen molar-refractivity contribution < 1.29 is 22.4 Å². The Morgan fingerprint density at radius 1 is 0.886 bits per heavy atom. The fourth-order valence-corrected chi connectivity index (χ4v) is 6.49. The SMILES string of the molecule is Cc1ccc(Cl)cc1N(CC(=O)N(Cc1ccccc1F)[C@H](Cc1ccccc1)C(=O)NC(C)C)S(=O)(=O)c1ccccc1. The number of hydrogen-bond donors (Lipinski definition) is 1. The molecule has 0 aliphatic carbocycles. The van der Waals surface area contributed by atoms with Gasteiger partial charge in [-0.25, -0.2) is 12.8 Å². The summed E-state index contributed by atoms with van der Waals surface area (Å²) in [4.78, 5) is 29.4. The van der Waals surface area contributed by atoms with E-state index in [4.69, 9.17) is 11.6 Å². The Hall–Kier alpha value is -4.21. The maximum absolute atomic E-state index is 15.0. The predicted octanol–water partition coefficient (Wildman–Crippen LogP) is 6.15.